The van der Waals surface area contributed by atoms with Gasteiger partial charge in [0.2, 0.25) is 0 Å². The van der Waals surface area contributed by atoms with E-state index in [4.69, 9.17) is 0 Å². The number of rotatable bonds is 5. The number of nitrogens with one attached hydrogen (secondary N) is 2. The molecular weight excluding hydrogens is 226 g/mol. The molecule has 0 aromatic carbocycles. The molecule has 2 N–H and O–H groups in total. The predicted molar refractivity (Wildman–Crippen MR) is 75.1 cm³/mol. The molecule has 0 unspecified atom stereocenters. The van der Waals surface area contributed by atoms with Gasteiger partial charge in [-0.05, 0) is 19.9 Å². The maximum atomic E-state index is 4.39. The topological polar surface area (TPSA) is 53.1 Å². The van der Waals surface area contributed by atoms with Crippen LogP contribution in [0.2, 0.25) is 0 Å². The highest BCUT2D eigenvalue weighted by atomic mass is 15.2. The van der Waals surface area contributed by atoms with Gasteiger partial charge in [-0.25, -0.2) is 9.97 Å². The Morgan fingerprint density at radius 1 is 1.11 bits per heavy atom. The summed E-state index contributed by atoms with van der Waals surface area (Å²) in [6.45, 7) is 4.05. The van der Waals surface area contributed by atoms with Gasteiger partial charge in [0.15, 0.2) is 0 Å². The van der Waals surface area contributed by atoms with Crippen molar-refractivity contribution in [2.24, 2.45) is 0 Å². The van der Waals surface area contributed by atoms with Crippen molar-refractivity contribution in [1.29, 1.82) is 0 Å². The van der Waals surface area contributed by atoms with Crippen molar-refractivity contribution in [2.45, 2.75) is 25.7 Å². The third-order valence-corrected chi connectivity index (χ3v) is 3.26. The summed E-state index contributed by atoms with van der Waals surface area (Å²) < 4.78 is 0. The molecule has 0 amide bonds. The van der Waals surface area contributed by atoms with Crippen LogP contribution >= 0.6 is 0 Å². The van der Waals surface area contributed by atoms with Crippen LogP contribution in [0, 0.1) is 0 Å². The van der Waals surface area contributed by atoms with E-state index in [1.54, 1.807) is 6.33 Å². The van der Waals surface area contributed by atoms with Gasteiger partial charge in [0.25, 0.3) is 0 Å². The molecule has 5 nitrogen and oxygen atoms in total. The lowest BCUT2D eigenvalue weighted by Crippen LogP contribution is -2.25. The van der Waals surface area contributed by atoms with Crippen LogP contribution in [0.3, 0.4) is 0 Å². The quantitative estimate of drug-likeness (QED) is 0.774. The SMILES string of the molecule is CNCCNc1cc(N2CCCCCC2)ncn1. The molecule has 1 aliphatic rings. The predicted octanol–water partition coefficient (Wildman–Crippen LogP) is 1.49. The second kappa shape index (κ2) is 7.16. The van der Waals surface area contributed by atoms with E-state index in [0.29, 0.717) is 0 Å². The van der Waals surface area contributed by atoms with E-state index in [1.165, 1.54) is 25.7 Å². The van der Waals surface area contributed by atoms with Gasteiger partial charge in [-0.2, -0.15) is 0 Å². The lowest BCUT2D eigenvalue weighted by molar-refractivity contribution is 0.726. The molecule has 5 heteroatoms. The van der Waals surface area contributed by atoms with Crippen LogP contribution in [0.4, 0.5) is 11.6 Å². The molecule has 0 atom stereocenters. The molecule has 2 heterocycles. The first-order valence-corrected chi connectivity index (χ1v) is 6.85. The van der Waals surface area contributed by atoms with Gasteiger partial charge in [0.1, 0.15) is 18.0 Å². The molecule has 1 saturated heterocycles. The number of hydrogen-bond donors (Lipinski definition) is 2. The second-order valence-corrected chi connectivity index (χ2v) is 4.69. The first kappa shape index (κ1) is 13.1. The van der Waals surface area contributed by atoms with Gasteiger partial charge in [-0.15, -0.1) is 0 Å². The molecule has 0 bridgehead atoms. The van der Waals surface area contributed by atoms with Crippen LogP contribution in [0.1, 0.15) is 25.7 Å². The van der Waals surface area contributed by atoms with E-state index < -0.39 is 0 Å². The minimum absolute atomic E-state index is 0.882. The Morgan fingerprint density at radius 3 is 2.61 bits per heavy atom. The van der Waals surface area contributed by atoms with Gasteiger partial charge in [0.05, 0.1) is 0 Å². The van der Waals surface area contributed by atoms with Crippen molar-refractivity contribution >= 4 is 11.6 Å². The van der Waals surface area contributed by atoms with Gasteiger partial charge in [0, 0.05) is 32.2 Å². The fraction of sp³-hybridized carbons (Fsp3) is 0.692. The van der Waals surface area contributed by atoms with Crippen molar-refractivity contribution in [1.82, 2.24) is 15.3 Å². The fourth-order valence-corrected chi connectivity index (χ4v) is 2.23. The average Bonchev–Trinajstić information content (AvgIpc) is 2.68. The molecule has 0 saturated carbocycles. The first-order chi connectivity index (χ1) is 8.90. The Hall–Kier alpha value is -1.36. The van der Waals surface area contributed by atoms with Gasteiger partial charge >= 0.3 is 0 Å². The van der Waals surface area contributed by atoms with E-state index in [-0.39, 0.29) is 0 Å². The van der Waals surface area contributed by atoms with E-state index in [0.717, 1.165) is 37.8 Å². The molecular formula is C13H23N5. The molecule has 100 valence electrons. The van der Waals surface area contributed by atoms with Crippen LogP contribution in [-0.4, -0.2) is 43.2 Å². The Labute approximate surface area is 109 Å². The number of anilines is 2. The highest BCUT2D eigenvalue weighted by Crippen LogP contribution is 2.18. The largest absolute Gasteiger partial charge is 0.369 e. The zero-order valence-corrected chi connectivity index (χ0v) is 11.2. The van der Waals surface area contributed by atoms with Crippen molar-refractivity contribution in [2.75, 3.05) is 43.4 Å². The van der Waals surface area contributed by atoms with E-state index in [9.17, 15) is 0 Å². The number of likely N-dealkylation sites (N-methyl/N-ethyl adjacent to an activating group) is 1. The first-order valence-electron chi connectivity index (χ1n) is 6.85. The van der Waals surface area contributed by atoms with Gasteiger partial charge < -0.3 is 15.5 Å². The fourth-order valence-electron chi connectivity index (χ4n) is 2.23. The molecule has 0 spiro atoms. The second-order valence-electron chi connectivity index (χ2n) is 4.69. The van der Waals surface area contributed by atoms with Crippen LogP contribution in [0.15, 0.2) is 12.4 Å². The molecule has 1 aliphatic heterocycles. The maximum Gasteiger partial charge on any atom is 0.134 e. The smallest absolute Gasteiger partial charge is 0.134 e. The summed E-state index contributed by atoms with van der Waals surface area (Å²) >= 11 is 0. The number of aromatic nitrogens is 2. The maximum absolute atomic E-state index is 4.39. The lowest BCUT2D eigenvalue weighted by Gasteiger charge is -2.21. The van der Waals surface area contributed by atoms with E-state index >= 15 is 0 Å². The zero-order chi connectivity index (χ0) is 12.6. The van der Waals surface area contributed by atoms with E-state index in [2.05, 4.69) is 31.6 Å². The van der Waals surface area contributed by atoms with Crippen molar-refractivity contribution in [3.05, 3.63) is 12.4 Å². The van der Waals surface area contributed by atoms with Crippen molar-refractivity contribution in [3.63, 3.8) is 0 Å². The normalized spacial score (nSPS) is 16.4. The zero-order valence-electron chi connectivity index (χ0n) is 11.2. The molecule has 1 aromatic heterocycles. The third kappa shape index (κ3) is 3.84. The summed E-state index contributed by atoms with van der Waals surface area (Å²) in [5.74, 6) is 1.97. The Morgan fingerprint density at radius 2 is 1.89 bits per heavy atom. The monoisotopic (exact) mass is 249 g/mol. The summed E-state index contributed by atoms with van der Waals surface area (Å²) in [7, 11) is 1.95. The molecule has 0 aliphatic carbocycles. The van der Waals surface area contributed by atoms with E-state index in [1.807, 2.05) is 7.05 Å². The molecule has 0 radical (unpaired) electrons. The van der Waals surface area contributed by atoms with Crippen molar-refractivity contribution in [3.8, 4) is 0 Å². The summed E-state index contributed by atoms with van der Waals surface area (Å²) in [5, 5.41) is 6.41. The molecule has 1 aromatic rings. The van der Waals surface area contributed by atoms with Crippen molar-refractivity contribution < 1.29 is 0 Å². The highest BCUT2D eigenvalue weighted by molar-refractivity contribution is 5.48. The summed E-state index contributed by atoms with van der Waals surface area (Å²) in [4.78, 5) is 11.0. The Kier molecular flexibility index (Phi) is 5.20. The lowest BCUT2D eigenvalue weighted by atomic mass is 10.2. The molecule has 18 heavy (non-hydrogen) atoms. The molecule has 2 rings (SSSR count). The third-order valence-electron chi connectivity index (χ3n) is 3.26. The van der Waals surface area contributed by atoms with Crippen LogP contribution in [0.25, 0.3) is 0 Å². The minimum atomic E-state index is 0.882. The standard InChI is InChI=1S/C13H23N5/c1-14-6-7-15-12-10-13(17-11-16-12)18-8-4-2-3-5-9-18/h10-11,14H,2-9H2,1H3,(H,15,16,17). The number of hydrogen-bond acceptors (Lipinski definition) is 5. The summed E-state index contributed by atoms with van der Waals surface area (Å²) in [6, 6.07) is 2.06. The van der Waals surface area contributed by atoms with Crippen LogP contribution < -0.4 is 15.5 Å². The molecule has 1 fully saturated rings. The Balaban J connectivity index is 1.96. The minimum Gasteiger partial charge on any atom is -0.369 e. The highest BCUT2D eigenvalue weighted by Gasteiger charge is 2.11. The summed E-state index contributed by atoms with van der Waals surface area (Å²) in [5.41, 5.74) is 0. The Bertz CT molecular complexity index is 347. The van der Waals surface area contributed by atoms with Gasteiger partial charge in [-0.1, -0.05) is 12.8 Å². The van der Waals surface area contributed by atoms with Crippen LogP contribution in [-0.2, 0) is 0 Å². The number of nitrogens with zero attached hydrogens (tertiary/aromatic N) is 3. The summed E-state index contributed by atoms with van der Waals surface area (Å²) in [6.07, 6.45) is 6.88. The van der Waals surface area contributed by atoms with Gasteiger partial charge in [-0.3, -0.25) is 0 Å². The van der Waals surface area contributed by atoms with Crippen LogP contribution in [0.5, 0.6) is 0 Å². The average molecular weight is 249 g/mol.